The molecule has 3 nitrogen and oxygen atoms in total. The number of hydrogen-bond donors (Lipinski definition) is 0. The quantitative estimate of drug-likeness (QED) is 0.503. The van der Waals surface area contributed by atoms with Crippen molar-refractivity contribution in [2.24, 2.45) is 0 Å². The Morgan fingerprint density at radius 1 is 1.23 bits per heavy atom. The summed E-state index contributed by atoms with van der Waals surface area (Å²) >= 11 is 11.2. The summed E-state index contributed by atoms with van der Waals surface area (Å²) < 4.78 is 12.7. The molecule has 6 heteroatoms. The fourth-order valence-corrected chi connectivity index (χ4v) is 1.35. The van der Waals surface area contributed by atoms with Gasteiger partial charge in [-0.2, -0.15) is 4.98 Å². The van der Waals surface area contributed by atoms with E-state index < -0.39 is 5.82 Å². The van der Waals surface area contributed by atoms with Crippen molar-refractivity contribution in [3.63, 3.8) is 0 Å². The first-order valence-corrected chi connectivity index (χ1v) is 4.07. The second-order valence-corrected chi connectivity index (χ2v) is 3.00. The predicted molar refractivity (Wildman–Crippen MR) is 47.3 cm³/mol. The molecule has 2 aromatic rings. The number of pyridine rings is 1. The average Bonchev–Trinajstić information content (AvgIpc) is 2.06. The molecule has 2 aromatic heterocycles. The van der Waals surface area contributed by atoms with E-state index in [1.165, 1.54) is 6.07 Å². The Kier molecular flexibility index (Phi) is 2.01. The van der Waals surface area contributed by atoms with Crippen LogP contribution in [-0.2, 0) is 0 Å². The Balaban J connectivity index is 2.87. The van der Waals surface area contributed by atoms with E-state index in [9.17, 15) is 4.39 Å². The molecule has 0 aromatic carbocycles. The van der Waals surface area contributed by atoms with Crippen LogP contribution in [0.1, 0.15) is 0 Å². The number of fused-ring (bicyclic) bond motifs is 1. The molecule has 0 aliphatic heterocycles. The van der Waals surface area contributed by atoms with E-state index in [2.05, 4.69) is 15.0 Å². The van der Waals surface area contributed by atoms with Gasteiger partial charge in [0.15, 0.2) is 5.65 Å². The molecule has 0 aliphatic carbocycles. The lowest BCUT2D eigenvalue weighted by atomic mass is 10.3. The highest BCUT2D eigenvalue weighted by atomic mass is 35.5. The topological polar surface area (TPSA) is 38.7 Å². The van der Waals surface area contributed by atoms with Crippen LogP contribution in [0.5, 0.6) is 0 Å². The molecule has 66 valence electrons. The molecule has 0 atom stereocenters. The van der Waals surface area contributed by atoms with Gasteiger partial charge >= 0.3 is 0 Å². The van der Waals surface area contributed by atoms with Gasteiger partial charge in [-0.3, -0.25) is 0 Å². The van der Waals surface area contributed by atoms with Gasteiger partial charge in [-0.25, -0.2) is 14.4 Å². The second kappa shape index (κ2) is 3.05. The molecule has 2 rings (SSSR count). The normalized spacial score (nSPS) is 10.7. The molecule has 0 unspecified atom stereocenters. The molecular weight excluding hydrogens is 216 g/mol. The van der Waals surface area contributed by atoms with Gasteiger partial charge in [0.2, 0.25) is 5.28 Å². The zero-order valence-electron chi connectivity index (χ0n) is 6.13. The van der Waals surface area contributed by atoms with E-state index >= 15 is 0 Å². The molecule has 2 heterocycles. The van der Waals surface area contributed by atoms with Crippen molar-refractivity contribution in [1.29, 1.82) is 0 Å². The highest BCUT2D eigenvalue weighted by Crippen LogP contribution is 2.20. The molecule has 0 spiro atoms. The third-order valence-electron chi connectivity index (χ3n) is 1.44. The molecule has 0 radical (unpaired) electrons. The van der Waals surface area contributed by atoms with E-state index in [0.717, 1.165) is 6.20 Å². The molecule has 0 amide bonds. The fraction of sp³-hybridized carbons (Fsp3) is 0. The first-order chi connectivity index (χ1) is 6.16. The summed E-state index contributed by atoms with van der Waals surface area (Å²) in [6.07, 6.45) is 1.04. The van der Waals surface area contributed by atoms with Crippen molar-refractivity contribution >= 4 is 34.2 Å². The highest BCUT2D eigenvalue weighted by molar-refractivity contribution is 6.35. The standard InChI is InChI=1S/C7H2Cl2FN3/c8-5-4-1-3(10)2-11-6(4)13-7(9)12-5/h1-2H. The third kappa shape index (κ3) is 1.55. The van der Waals surface area contributed by atoms with Gasteiger partial charge in [0.25, 0.3) is 0 Å². The van der Waals surface area contributed by atoms with E-state index in [1.54, 1.807) is 0 Å². The van der Waals surface area contributed by atoms with Crippen LogP contribution in [0, 0.1) is 5.82 Å². The van der Waals surface area contributed by atoms with Crippen molar-refractivity contribution in [3.8, 4) is 0 Å². The molecule has 0 saturated carbocycles. The summed E-state index contributed by atoms with van der Waals surface area (Å²) in [5.41, 5.74) is 0.284. The number of nitrogens with zero attached hydrogens (tertiary/aromatic N) is 3. The highest BCUT2D eigenvalue weighted by Gasteiger charge is 2.06. The summed E-state index contributed by atoms with van der Waals surface area (Å²) in [6.45, 7) is 0. The van der Waals surface area contributed by atoms with Crippen LogP contribution in [0.25, 0.3) is 11.0 Å². The lowest BCUT2D eigenvalue weighted by Gasteiger charge is -1.98. The first kappa shape index (κ1) is 8.59. The maximum absolute atomic E-state index is 12.7. The third-order valence-corrected chi connectivity index (χ3v) is 1.90. The van der Waals surface area contributed by atoms with Crippen molar-refractivity contribution in [2.45, 2.75) is 0 Å². The van der Waals surface area contributed by atoms with Crippen LogP contribution in [0.4, 0.5) is 4.39 Å². The lowest BCUT2D eigenvalue weighted by molar-refractivity contribution is 0.624. The Morgan fingerprint density at radius 2 is 2.00 bits per heavy atom. The minimum Gasteiger partial charge on any atom is -0.233 e. The first-order valence-electron chi connectivity index (χ1n) is 3.31. The van der Waals surface area contributed by atoms with Gasteiger partial charge in [-0.05, 0) is 17.7 Å². The minimum atomic E-state index is -0.486. The molecule has 0 aliphatic rings. The average molecular weight is 218 g/mol. The van der Waals surface area contributed by atoms with Crippen LogP contribution in [0.15, 0.2) is 12.3 Å². The summed E-state index contributed by atoms with van der Waals surface area (Å²) in [7, 11) is 0. The van der Waals surface area contributed by atoms with E-state index in [1.807, 2.05) is 0 Å². The van der Waals surface area contributed by atoms with Crippen molar-refractivity contribution < 1.29 is 4.39 Å². The van der Waals surface area contributed by atoms with Crippen molar-refractivity contribution in [1.82, 2.24) is 15.0 Å². The maximum atomic E-state index is 12.7. The Bertz CT molecular complexity index is 474. The number of aromatic nitrogens is 3. The SMILES string of the molecule is Fc1cnc2nc(Cl)nc(Cl)c2c1. The summed E-state index contributed by atoms with van der Waals surface area (Å²) in [6, 6.07) is 1.21. The van der Waals surface area contributed by atoms with Gasteiger partial charge < -0.3 is 0 Å². The Morgan fingerprint density at radius 3 is 2.77 bits per heavy atom. The molecule has 0 N–H and O–H groups in total. The van der Waals surface area contributed by atoms with Gasteiger partial charge in [0.1, 0.15) is 11.0 Å². The van der Waals surface area contributed by atoms with E-state index in [0.29, 0.717) is 5.39 Å². The zero-order chi connectivity index (χ0) is 9.42. The zero-order valence-corrected chi connectivity index (χ0v) is 7.64. The summed E-state index contributed by atoms with van der Waals surface area (Å²) in [4.78, 5) is 11.1. The van der Waals surface area contributed by atoms with Crippen LogP contribution in [0.2, 0.25) is 10.4 Å². The van der Waals surface area contributed by atoms with Crippen molar-refractivity contribution in [3.05, 3.63) is 28.5 Å². The number of hydrogen-bond acceptors (Lipinski definition) is 3. The lowest BCUT2D eigenvalue weighted by Crippen LogP contribution is -1.90. The van der Waals surface area contributed by atoms with Gasteiger partial charge in [-0.1, -0.05) is 11.6 Å². The molecule has 0 saturated heterocycles. The second-order valence-electron chi connectivity index (χ2n) is 2.31. The van der Waals surface area contributed by atoms with E-state index in [4.69, 9.17) is 23.2 Å². The Labute approximate surface area is 82.5 Å². The number of halogens is 3. The molecule has 13 heavy (non-hydrogen) atoms. The smallest absolute Gasteiger partial charge is 0.225 e. The van der Waals surface area contributed by atoms with Crippen LogP contribution >= 0.6 is 23.2 Å². The van der Waals surface area contributed by atoms with Gasteiger partial charge in [0, 0.05) is 0 Å². The van der Waals surface area contributed by atoms with Crippen LogP contribution < -0.4 is 0 Å². The van der Waals surface area contributed by atoms with Crippen LogP contribution in [-0.4, -0.2) is 15.0 Å². The molecule has 0 bridgehead atoms. The minimum absolute atomic E-state index is 0.00314. The maximum Gasteiger partial charge on any atom is 0.225 e. The van der Waals surface area contributed by atoms with E-state index in [-0.39, 0.29) is 16.1 Å². The number of rotatable bonds is 0. The largest absolute Gasteiger partial charge is 0.233 e. The monoisotopic (exact) mass is 217 g/mol. The van der Waals surface area contributed by atoms with Crippen LogP contribution in [0.3, 0.4) is 0 Å². The fourth-order valence-electron chi connectivity index (χ4n) is 0.927. The van der Waals surface area contributed by atoms with Gasteiger partial charge in [0.05, 0.1) is 11.6 Å². The predicted octanol–water partition coefficient (Wildman–Crippen LogP) is 2.47. The van der Waals surface area contributed by atoms with Crippen molar-refractivity contribution in [2.75, 3.05) is 0 Å². The summed E-state index contributed by atoms with van der Waals surface area (Å²) in [5.74, 6) is -0.486. The molecule has 0 fully saturated rings. The Hall–Kier alpha value is -1.00. The molecular formula is C7H2Cl2FN3. The summed E-state index contributed by atoms with van der Waals surface area (Å²) in [5, 5.41) is 0.449. The van der Waals surface area contributed by atoms with Gasteiger partial charge in [-0.15, -0.1) is 0 Å².